The van der Waals surface area contributed by atoms with Crippen LogP contribution < -0.4 is 10.6 Å². The molecule has 2 N–H and O–H groups in total. The molecule has 0 saturated heterocycles. The predicted octanol–water partition coefficient (Wildman–Crippen LogP) is 3.59. The van der Waals surface area contributed by atoms with Crippen LogP contribution in [0.4, 0.5) is 17.1 Å². The monoisotopic (exact) mass is 268 g/mol. The first-order valence-corrected chi connectivity index (χ1v) is 6.31. The Labute approximate surface area is 117 Å². The number of benzene rings is 2. The first kappa shape index (κ1) is 13.8. The summed E-state index contributed by atoms with van der Waals surface area (Å²) < 4.78 is 0. The van der Waals surface area contributed by atoms with Gasteiger partial charge in [-0.1, -0.05) is 12.1 Å². The molecular weight excluding hydrogens is 252 g/mol. The van der Waals surface area contributed by atoms with Gasteiger partial charge in [0.05, 0.1) is 0 Å². The van der Waals surface area contributed by atoms with E-state index in [9.17, 15) is 9.59 Å². The van der Waals surface area contributed by atoms with E-state index in [1.807, 2.05) is 30.3 Å². The molecule has 0 aliphatic carbocycles. The summed E-state index contributed by atoms with van der Waals surface area (Å²) in [5, 5.41) is 5.91. The largest absolute Gasteiger partial charge is 0.355 e. The van der Waals surface area contributed by atoms with Gasteiger partial charge in [-0.25, -0.2) is 0 Å². The Morgan fingerprint density at radius 3 is 2.05 bits per heavy atom. The topological polar surface area (TPSA) is 58.2 Å². The van der Waals surface area contributed by atoms with Gasteiger partial charge in [0.1, 0.15) is 0 Å². The number of hydrogen-bond donors (Lipinski definition) is 2. The number of nitrogens with one attached hydrogen (secondary N) is 2. The molecule has 0 radical (unpaired) electrons. The van der Waals surface area contributed by atoms with Crippen molar-refractivity contribution in [2.24, 2.45) is 0 Å². The van der Waals surface area contributed by atoms with Crippen molar-refractivity contribution >= 4 is 28.8 Å². The molecule has 2 rings (SSSR count). The van der Waals surface area contributed by atoms with Crippen molar-refractivity contribution in [3.63, 3.8) is 0 Å². The summed E-state index contributed by atoms with van der Waals surface area (Å²) in [6, 6.07) is 14.7. The Bertz CT molecular complexity index is 633. The molecule has 0 spiro atoms. The fourth-order valence-electron chi connectivity index (χ4n) is 1.89. The predicted molar refractivity (Wildman–Crippen MR) is 80.5 cm³/mol. The van der Waals surface area contributed by atoms with Crippen LogP contribution in [0.15, 0.2) is 48.5 Å². The van der Waals surface area contributed by atoms with Crippen LogP contribution in [-0.4, -0.2) is 11.7 Å². The fraction of sp³-hybridized carbons (Fsp3) is 0.125. The minimum atomic E-state index is -0.104. The standard InChI is InChI=1S/C16H16N2O2/c1-11(19)15-5-3-4-6-16(15)18-14-9-7-13(8-10-14)17-12(2)20/h3-10,18H,1-2H3,(H,17,20). The average molecular weight is 268 g/mol. The maximum Gasteiger partial charge on any atom is 0.221 e. The zero-order valence-electron chi connectivity index (χ0n) is 11.4. The smallest absolute Gasteiger partial charge is 0.221 e. The third kappa shape index (κ3) is 3.45. The number of rotatable bonds is 4. The Balaban J connectivity index is 2.18. The number of anilines is 3. The van der Waals surface area contributed by atoms with Gasteiger partial charge >= 0.3 is 0 Å². The van der Waals surface area contributed by atoms with Gasteiger partial charge in [0.15, 0.2) is 5.78 Å². The lowest BCUT2D eigenvalue weighted by molar-refractivity contribution is -0.114. The molecule has 0 atom stereocenters. The molecule has 0 aliphatic rings. The van der Waals surface area contributed by atoms with Gasteiger partial charge in [-0.2, -0.15) is 0 Å². The minimum Gasteiger partial charge on any atom is -0.355 e. The van der Waals surface area contributed by atoms with Gasteiger partial charge in [-0.3, -0.25) is 9.59 Å². The van der Waals surface area contributed by atoms with Crippen LogP contribution in [-0.2, 0) is 4.79 Å². The zero-order valence-corrected chi connectivity index (χ0v) is 11.4. The van der Waals surface area contributed by atoms with E-state index in [2.05, 4.69) is 10.6 Å². The average Bonchev–Trinajstić information content (AvgIpc) is 2.41. The van der Waals surface area contributed by atoms with E-state index in [1.165, 1.54) is 6.92 Å². The number of ketones is 1. The molecule has 102 valence electrons. The zero-order chi connectivity index (χ0) is 14.5. The second kappa shape index (κ2) is 6.02. The number of para-hydroxylation sites is 1. The van der Waals surface area contributed by atoms with Gasteiger partial charge in [0.2, 0.25) is 5.91 Å². The fourth-order valence-corrected chi connectivity index (χ4v) is 1.89. The highest BCUT2D eigenvalue weighted by atomic mass is 16.1. The van der Waals surface area contributed by atoms with Crippen molar-refractivity contribution in [3.8, 4) is 0 Å². The molecule has 0 bridgehead atoms. The Hall–Kier alpha value is -2.62. The summed E-state index contributed by atoms with van der Waals surface area (Å²) in [6.45, 7) is 3.01. The quantitative estimate of drug-likeness (QED) is 0.833. The van der Waals surface area contributed by atoms with Crippen molar-refractivity contribution in [2.75, 3.05) is 10.6 Å². The van der Waals surface area contributed by atoms with Crippen LogP contribution in [0.3, 0.4) is 0 Å². The van der Waals surface area contributed by atoms with Crippen molar-refractivity contribution in [1.29, 1.82) is 0 Å². The SMILES string of the molecule is CC(=O)Nc1ccc(Nc2ccccc2C(C)=O)cc1. The van der Waals surface area contributed by atoms with Crippen molar-refractivity contribution in [3.05, 3.63) is 54.1 Å². The summed E-state index contributed by atoms with van der Waals surface area (Å²) in [4.78, 5) is 22.5. The second-order valence-corrected chi connectivity index (χ2v) is 4.49. The van der Waals surface area contributed by atoms with Gasteiger partial charge in [0.25, 0.3) is 0 Å². The molecule has 4 heteroatoms. The van der Waals surface area contributed by atoms with E-state index in [-0.39, 0.29) is 11.7 Å². The Kier molecular flexibility index (Phi) is 4.15. The molecule has 20 heavy (non-hydrogen) atoms. The molecular formula is C16H16N2O2. The highest BCUT2D eigenvalue weighted by Crippen LogP contribution is 2.22. The Morgan fingerprint density at radius 1 is 0.850 bits per heavy atom. The van der Waals surface area contributed by atoms with Crippen LogP contribution in [0.2, 0.25) is 0 Å². The molecule has 0 unspecified atom stereocenters. The summed E-state index contributed by atoms with van der Waals surface area (Å²) in [5.41, 5.74) is 3.02. The summed E-state index contributed by atoms with van der Waals surface area (Å²) in [6.07, 6.45) is 0. The molecule has 0 aromatic heterocycles. The highest BCUT2D eigenvalue weighted by molar-refractivity contribution is 6.00. The molecule has 0 fully saturated rings. The lowest BCUT2D eigenvalue weighted by Gasteiger charge is -2.11. The molecule has 1 amide bonds. The maximum atomic E-state index is 11.5. The number of hydrogen-bond acceptors (Lipinski definition) is 3. The normalized spacial score (nSPS) is 9.90. The van der Waals surface area contributed by atoms with Gasteiger partial charge in [0, 0.05) is 29.5 Å². The summed E-state index contributed by atoms with van der Waals surface area (Å²) in [5.74, 6) is -0.0874. The molecule has 4 nitrogen and oxygen atoms in total. The molecule has 0 aliphatic heterocycles. The van der Waals surface area contributed by atoms with Crippen molar-refractivity contribution in [1.82, 2.24) is 0 Å². The van der Waals surface area contributed by atoms with Crippen LogP contribution in [0, 0.1) is 0 Å². The third-order valence-electron chi connectivity index (χ3n) is 2.79. The lowest BCUT2D eigenvalue weighted by atomic mass is 10.1. The van der Waals surface area contributed by atoms with Crippen molar-refractivity contribution in [2.45, 2.75) is 13.8 Å². The molecule has 2 aromatic rings. The third-order valence-corrected chi connectivity index (χ3v) is 2.79. The van der Waals surface area contributed by atoms with Crippen LogP contribution in [0.5, 0.6) is 0 Å². The number of amides is 1. The van der Waals surface area contributed by atoms with Gasteiger partial charge in [-0.15, -0.1) is 0 Å². The van der Waals surface area contributed by atoms with Gasteiger partial charge in [-0.05, 0) is 43.3 Å². The van der Waals surface area contributed by atoms with E-state index in [0.29, 0.717) is 5.56 Å². The van der Waals surface area contributed by atoms with E-state index in [1.54, 1.807) is 25.1 Å². The first-order valence-electron chi connectivity index (χ1n) is 6.31. The van der Waals surface area contributed by atoms with E-state index in [4.69, 9.17) is 0 Å². The van der Waals surface area contributed by atoms with Crippen LogP contribution >= 0.6 is 0 Å². The van der Waals surface area contributed by atoms with Crippen molar-refractivity contribution < 1.29 is 9.59 Å². The molecule has 0 saturated carbocycles. The van der Waals surface area contributed by atoms with Crippen LogP contribution in [0.1, 0.15) is 24.2 Å². The first-order chi connectivity index (χ1) is 9.56. The summed E-state index contributed by atoms with van der Waals surface area (Å²) >= 11 is 0. The number of carbonyl (C=O) groups is 2. The number of carbonyl (C=O) groups excluding carboxylic acids is 2. The minimum absolute atomic E-state index is 0.0166. The van der Waals surface area contributed by atoms with Gasteiger partial charge < -0.3 is 10.6 Å². The Morgan fingerprint density at radius 2 is 1.45 bits per heavy atom. The van der Waals surface area contributed by atoms with E-state index >= 15 is 0 Å². The van der Waals surface area contributed by atoms with E-state index < -0.39 is 0 Å². The summed E-state index contributed by atoms with van der Waals surface area (Å²) in [7, 11) is 0. The lowest BCUT2D eigenvalue weighted by Crippen LogP contribution is -2.05. The van der Waals surface area contributed by atoms with Crippen LogP contribution in [0.25, 0.3) is 0 Å². The maximum absolute atomic E-state index is 11.5. The highest BCUT2D eigenvalue weighted by Gasteiger charge is 2.06. The number of Topliss-reactive ketones (excluding diaryl/α,β-unsaturated/α-hetero) is 1. The second-order valence-electron chi connectivity index (χ2n) is 4.49. The molecule has 0 heterocycles. The molecule has 2 aromatic carbocycles. The van der Waals surface area contributed by atoms with E-state index in [0.717, 1.165) is 17.1 Å².